The number of unbranched alkanes of at least 4 members (excludes halogenated alkanes) is 3. The summed E-state index contributed by atoms with van der Waals surface area (Å²) in [4.78, 5) is 19.3. The third-order valence-corrected chi connectivity index (χ3v) is 24.2. The molecule has 0 N–H and O–H groups in total. The highest BCUT2D eigenvalue weighted by atomic mass is 28.4. The molecule has 2 fully saturated rings. The van der Waals surface area contributed by atoms with Crippen LogP contribution in [0.2, 0.25) is 36.3 Å². The van der Waals surface area contributed by atoms with Gasteiger partial charge in [0.05, 0.1) is 48.4 Å². The lowest BCUT2D eigenvalue weighted by molar-refractivity contribution is 0.0448. The van der Waals surface area contributed by atoms with Gasteiger partial charge in [-0.25, -0.2) is 18.7 Å². The number of allylic oxidation sites excluding steroid dienone is 1. The maximum absolute atomic E-state index is 15.4. The summed E-state index contributed by atoms with van der Waals surface area (Å²) >= 11 is 0. The van der Waals surface area contributed by atoms with E-state index in [0.717, 1.165) is 97.9 Å². The van der Waals surface area contributed by atoms with E-state index in [9.17, 15) is 0 Å². The lowest BCUT2D eigenvalue weighted by Crippen LogP contribution is -2.47. The molecular weight excluding hydrogens is 823 g/mol. The van der Waals surface area contributed by atoms with Crippen molar-refractivity contribution in [3.8, 4) is 11.6 Å². The predicted molar refractivity (Wildman–Crippen MR) is 260 cm³/mol. The van der Waals surface area contributed by atoms with Crippen LogP contribution in [0.1, 0.15) is 163 Å². The Morgan fingerprint density at radius 2 is 1.11 bits per heavy atom. The quantitative estimate of drug-likeness (QED) is 0.0873. The predicted octanol–water partition coefficient (Wildman–Crippen LogP) is 13.9. The monoisotopic (exact) mass is 901 g/mol. The molecule has 2 unspecified atom stereocenters. The van der Waals surface area contributed by atoms with Gasteiger partial charge in [-0.3, -0.25) is 9.97 Å². The van der Waals surface area contributed by atoms with Crippen molar-refractivity contribution in [2.45, 2.75) is 213 Å². The molecule has 4 aromatic rings. The van der Waals surface area contributed by atoms with Crippen LogP contribution in [0, 0.1) is 27.7 Å². The second kappa shape index (κ2) is 19.6. The topological polar surface area (TPSA) is 79.9 Å². The fourth-order valence-corrected chi connectivity index (χ4v) is 11.9. The zero-order chi connectivity index (χ0) is 46.1. The first-order valence-electron chi connectivity index (χ1n) is 23.8. The first-order chi connectivity index (χ1) is 29.5. The number of rotatable bonds is 15. The van der Waals surface area contributed by atoms with Crippen molar-refractivity contribution in [2.24, 2.45) is 0 Å². The highest BCUT2D eigenvalue weighted by Crippen LogP contribution is 2.43. The van der Waals surface area contributed by atoms with E-state index >= 15 is 8.78 Å². The fraction of sp³-hybridized carbons (Fsp3) is 0.647. The van der Waals surface area contributed by atoms with Crippen LogP contribution < -0.4 is 0 Å². The van der Waals surface area contributed by atoms with Crippen molar-refractivity contribution in [1.29, 1.82) is 0 Å². The minimum absolute atomic E-state index is 0.0577. The number of halogens is 2. The Hall–Kier alpha value is -3.33. The molecule has 4 aromatic heterocycles. The molecule has 6 atom stereocenters. The number of aryl methyl sites for hydroxylation is 3. The fourth-order valence-electron chi connectivity index (χ4n) is 9.11. The Balaban J connectivity index is 0.953. The Bertz CT molecular complexity index is 2170. The smallest absolute Gasteiger partial charge is 0.192 e. The maximum atomic E-state index is 15.4. The second-order valence-corrected chi connectivity index (χ2v) is 31.4. The van der Waals surface area contributed by atoms with Crippen molar-refractivity contribution in [2.75, 3.05) is 0 Å². The molecule has 0 radical (unpaired) electrons. The maximum Gasteiger partial charge on any atom is 0.192 e. The average molecular weight is 901 g/mol. The molecule has 0 bridgehead atoms. The molecule has 8 nitrogen and oxygen atoms in total. The Kier molecular flexibility index (Phi) is 15.3. The Labute approximate surface area is 380 Å². The summed E-state index contributed by atoms with van der Waals surface area (Å²) in [5.41, 5.74) is 8.89. The van der Waals surface area contributed by atoms with Crippen molar-refractivity contribution >= 4 is 22.7 Å². The molecule has 63 heavy (non-hydrogen) atoms. The van der Waals surface area contributed by atoms with E-state index in [1.807, 2.05) is 24.8 Å². The highest BCUT2D eigenvalue weighted by Gasteiger charge is 2.44. The standard InChI is InChI=1S/C51H78F2N6O2Si2/c1-34-26-38(36(3)58(34)48-32-54-44(30-56-48)40-22-24-46(42(52)28-40)60-62(11,12)50(5,6)7)20-18-16-15-17-19-21-39-27-35(2)59(37(39)4)49-33-55-45(31-57-49)41-23-25-47(43(53)29-41)61-63(13,14)51(8,9)10/h18,20,26-27,30-33,40-43,46-47H,15-17,19,21-25,28-29H2,1-14H3/b20-18-/t40-,41+,42-,43-,46?,47?/m0/s1. The van der Waals surface area contributed by atoms with Crippen molar-refractivity contribution < 1.29 is 17.6 Å². The van der Waals surface area contributed by atoms with Crippen molar-refractivity contribution in [3.63, 3.8) is 0 Å². The van der Waals surface area contributed by atoms with E-state index in [4.69, 9.17) is 28.8 Å². The van der Waals surface area contributed by atoms with E-state index in [1.165, 1.54) is 16.8 Å². The van der Waals surface area contributed by atoms with E-state index in [2.05, 4.69) is 129 Å². The number of aromatic nitrogens is 6. The van der Waals surface area contributed by atoms with Gasteiger partial charge < -0.3 is 18.0 Å². The van der Waals surface area contributed by atoms with E-state index in [0.29, 0.717) is 12.8 Å². The first-order valence-corrected chi connectivity index (χ1v) is 29.6. The van der Waals surface area contributed by atoms with E-state index < -0.39 is 29.0 Å². The number of nitrogens with zero attached hydrogens (tertiary/aromatic N) is 6. The van der Waals surface area contributed by atoms with Gasteiger partial charge in [-0.1, -0.05) is 60.1 Å². The van der Waals surface area contributed by atoms with Crippen molar-refractivity contribution in [3.05, 3.63) is 88.3 Å². The van der Waals surface area contributed by atoms with Gasteiger partial charge in [0.15, 0.2) is 28.3 Å². The molecule has 0 amide bonds. The van der Waals surface area contributed by atoms with Crippen LogP contribution in [0.5, 0.6) is 0 Å². The molecule has 2 aliphatic carbocycles. The molecule has 0 aliphatic heterocycles. The minimum Gasteiger partial charge on any atom is -0.411 e. The van der Waals surface area contributed by atoms with Crippen LogP contribution in [0.25, 0.3) is 17.7 Å². The van der Waals surface area contributed by atoms with Crippen LogP contribution >= 0.6 is 0 Å². The molecule has 0 saturated heterocycles. The van der Waals surface area contributed by atoms with Gasteiger partial charge in [0.25, 0.3) is 0 Å². The first kappa shape index (κ1) is 49.1. The molecule has 2 aliphatic rings. The second-order valence-electron chi connectivity index (χ2n) is 21.9. The zero-order valence-electron chi connectivity index (χ0n) is 41.1. The molecule has 6 rings (SSSR count). The molecule has 346 valence electrons. The third-order valence-electron chi connectivity index (χ3n) is 15.2. The Morgan fingerprint density at radius 3 is 1.56 bits per heavy atom. The Morgan fingerprint density at radius 1 is 0.635 bits per heavy atom. The van der Waals surface area contributed by atoms with Crippen LogP contribution in [-0.2, 0) is 15.3 Å². The molecule has 2 saturated carbocycles. The summed E-state index contributed by atoms with van der Waals surface area (Å²) in [5.74, 6) is 1.73. The summed E-state index contributed by atoms with van der Waals surface area (Å²) in [6.45, 7) is 30.6. The number of hydrogen-bond donors (Lipinski definition) is 0. The molecule has 0 aromatic carbocycles. The third kappa shape index (κ3) is 11.4. The summed E-state index contributed by atoms with van der Waals surface area (Å²) < 4.78 is 48.2. The van der Waals surface area contributed by atoms with Gasteiger partial charge in [-0.05, 0) is 151 Å². The van der Waals surface area contributed by atoms with Crippen LogP contribution in [0.3, 0.4) is 0 Å². The molecule has 0 spiro atoms. The number of alkyl halides is 2. The summed E-state index contributed by atoms with van der Waals surface area (Å²) in [6, 6.07) is 4.50. The highest BCUT2D eigenvalue weighted by molar-refractivity contribution is 6.74. The zero-order valence-corrected chi connectivity index (χ0v) is 43.1. The minimum atomic E-state index is -2.03. The van der Waals surface area contributed by atoms with Crippen LogP contribution in [0.4, 0.5) is 8.78 Å². The molecule has 4 heterocycles. The van der Waals surface area contributed by atoms with Gasteiger partial charge in [-0.15, -0.1) is 0 Å². The number of hydrogen-bond acceptors (Lipinski definition) is 6. The van der Waals surface area contributed by atoms with Crippen LogP contribution in [0.15, 0.2) is 43.0 Å². The van der Waals surface area contributed by atoms with Gasteiger partial charge in [0.1, 0.15) is 12.3 Å². The largest absolute Gasteiger partial charge is 0.411 e. The lowest BCUT2D eigenvalue weighted by atomic mass is 9.84. The average Bonchev–Trinajstić information content (AvgIpc) is 3.65. The summed E-state index contributed by atoms with van der Waals surface area (Å²) in [6.07, 6.45) is 18.8. The van der Waals surface area contributed by atoms with Gasteiger partial charge >= 0.3 is 0 Å². The molecule has 12 heteroatoms. The van der Waals surface area contributed by atoms with Crippen molar-refractivity contribution in [1.82, 2.24) is 29.1 Å². The normalized spacial score (nSPS) is 22.9. The van der Waals surface area contributed by atoms with E-state index in [-0.39, 0.29) is 34.1 Å². The van der Waals surface area contributed by atoms with E-state index in [1.54, 1.807) is 0 Å². The van der Waals surface area contributed by atoms with Gasteiger partial charge in [0, 0.05) is 34.6 Å². The van der Waals surface area contributed by atoms with Crippen LogP contribution in [-0.4, -0.2) is 70.3 Å². The SMILES string of the molecule is Cc1cc(/C=C\CCCCCc2cc(C)n(-c3cnc([C@@H]4CCC(O[Si](C)(C)C(C)(C)C)[C@@H](F)C4)cn3)c2C)c(C)n1-c1cnc([C@H]2CCC(O[Si](C)(C)C(C)(C)C)[C@@H](F)C2)cn1. The summed E-state index contributed by atoms with van der Waals surface area (Å²) in [5, 5.41) is 0.123. The summed E-state index contributed by atoms with van der Waals surface area (Å²) in [7, 11) is -4.06. The van der Waals surface area contributed by atoms with Gasteiger partial charge in [-0.2, -0.15) is 0 Å². The lowest BCUT2D eigenvalue weighted by Gasteiger charge is -2.42. The molecular formula is C51H78F2N6O2Si2. The van der Waals surface area contributed by atoms with Gasteiger partial charge in [0.2, 0.25) is 0 Å².